The second kappa shape index (κ2) is 12.2. The number of aryl methyl sites for hydroxylation is 3. The predicted octanol–water partition coefficient (Wildman–Crippen LogP) is 8.12. The number of nitrogens with two attached hydrogens (primary N) is 1. The molecule has 0 aromatic heterocycles. The van der Waals surface area contributed by atoms with Crippen molar-refractivity contribution >= 4 is 23.3 Å². The Morgan fingerprint density at radius 3 is 2.32 bits per heavy atom. The minimum absolute atomic E-state index is 0.0735. The van der Waals surface area contributed by atoms with Crippen molar-refractivity contribution in [3.63, 3.8) is 0 Å². The van der Waals surface area contributed by atoms with E-state index in [1.165, 1.54) is 19.1 Å². The molecule has 0 saturated carbocycles. The van der Waals surface area contributed by atoms with Crippen LogP contribution in [0, 0.1) is 32.4 Å². The quantitative estimate of drug-likeness (QED) is 0.168. The van der Waals surface area contributed by atoms with Crippen molar-refractivity contribution < 1.29 is 27.8 Å². The van der Waals surface area contributed by atoms with Gasteiger partial charge in [0.25, 0.3) is 0 Å². The Bertz CT molecular complexity index is 1650. The number of hydrogen-bond donors (Lipinski definition) is 2. The molecule has 212 valence electrons. The fourth-order valence-corrected chi connectivity index (χ4v) is 4.64. The van der Waals surface area contributed by atoms with Crippen LogP contribution in [0.5, 0.6) is 11.5 Å². The number of ether oxygens (including phenoxy) is 2. The van der Waals surface area contributed by atoms with E-state index in [2.05, 4.69) is 5.32 Å². The average Bonchev–Trinajstić information content (AvgIpc) is 2.90. The number of nitrogen functional groups attached to an aromatic ring is 1. The summed E-state index contributed by atoms with van der Waals surface area (Å²) >= 11 is 0. The molecular formula is C33H32F2N2O4. The Morgan fingerprint density at radius 1 is 0.878 bits per heavy atom. The van der Waals surface area contributed by atoms with Crippen LogP contribution < -0.4 is 15.8 Å². The number of nitrogens with one attached hydrogen (secondary N) is 1. The van der Waals surface area contributed by atoms with Crippen LogP contribution >= 0.6 is 0 Å². The number of hydrogen-bond acceptors (Lipinski definition) is 5. The number of esters is 1. The molecule has 4 aromatic carbocycles. The highest BCUT2D eigenvalue weighted by Gasteiger charge is 2.22. The number of amides is 1. The monoisotopic (exact) mass is 558 g/mol. The normalized spacial score (nSPS) is 10.8. The van der Waals surface area contributed by atoms with Gasteiger partial charge in [-0.05, 0) is 86.3 Å². The van der Waals surface area contributed by atoms with Gasteiger partial charge in [-0.25, -0.2) is 13.6 Å². The molecule has 0 saturated heterocycles. The molecule has 0 atom stereocenters. The SMILES string of the molecule is CCCOC(=O)c1cc(-c2ccc(F)cc2F)ccc1Oc1c(C)cc(NC(C)=O)cc1-c1cc(C)cc(C)c1N. The van der Waals surface area contributed by atoms with Gasteiger partial charge in [-0.3, -0.25) is 4.79 Å². The number of halogens is 2. The molecule has 1 amide bonds. The molecule has 0 aliphatic rings. The first-order valence-electron chi connectivity index (χ1n) is 13.2. The van der Waals surface area contributed by atoms with Gasteiger partial charge in [0.2, 0.25) is 5.91 Å². The Labute approximate surface area is 238 Å². The van der Waals surface area contributed by atoms with E-state index in [-0.39, 0.29) is 29.4 Å². The highest BCUT2D eigenvalue weighted by molar-refractivity contribution is 5.95. The van der Waals surface area contributed by atoms with Crippen LogP contribution in [0.3, 0.4) is 0 Å². The molecule has 0 spiro atoms. The van der Waals surface area contributed by atoms with E-state index in [0.29, 0.717) is 45.8 Å². The molecule has 0 aliphatic heterocycles. The molecule has 0 bridgehead atoms. The van der Waals surface area contributed by atoms with Crippen molar-refractivity contribution in [1.82, 2.24) is 0 Å². The van der Waals surface area contributed by atoms with Gasteiger partial charge >= 0.3 is 5.97 Å². The summed E-state index contributed by atoms with van der Waals surface area (Å²) in [6.07, 6.45) is 0.605. The van der Waals surface area contributed by atoms with E-state index >= 15 is 0 Å². The molecular weight excluding hydrogens is 526 g/mol. The molecule has 0 unspecified atom stereocenters. The highest BCUT2D eigenvalue weighted by atomic mass is 19.1. The van der Waals surface area contributed by atoms with Gasteiger partial charge in [-0.1, -0.05) is 24.6 Å². The number of benzene rings is 4. The molecule has 0 aliphatic carbocycles. The van der Waals surface area contributed by atoms with Crippen molar-refractivity contribution in [2.45, 2.75) is 41.0 Å². The first-order valence-corrected chi connectivity index (χ1v) is 13.2. The van der Waals surface area contributed by atoms with E-state index in [0.717, 1.165) is 23.3 Å². The highest BCUT2D eigenvalue weighted by Crippen LogP contribution is 2.43. The van der Waals surface area contributed by atoms with Crippen molar-refractivity contribution in [2.75, 3.05) is 17.7 Å². The first-order chi connectivity index (χ1) is 19.5. The van der Waals surface area contributed by atoms with Crippen LogP contribution in [0.2, 0.25) is 0 Å². The van der Waals surface area contributed by atoms with Crippen LogP contribution in [-0.4, -0.2) is 18.5 Å². The standard InChI is InChI=1S/C33H32F2N2O4/c1-6-11-40-33(39)28-15-22(25-9-8-23(34)16-29(25)35)7-10-30(28)41-32-20(4)14-24(37-21(5)38)17-27(32)26-13-18(2)12-19(3)31(26)36/h7-10,12-17H,6,11,36H2,1-5H3,(H,37,38). The maximum Gasteiger partial charge on any atom is 0.341 e. The van der Waals surface area contributed by atoms with E-state index in [1.54, 1.807) is 24.3 Å². The van der Waals surface area contributed by atoms with Crippen molar-refractivity contribution in [3.05, 3.63) is 94.6 Å². The molecule has 0 fully saturated rings. The summed E-state index contributed by atoms with van der Waals surface area (Å²) in [6.45, 7) is 9.16. The van der Waals surface area contributed by atoms with Crippen LogP contribution in [0.4, 0.5) is 20.2 Å². The van der Waals surface area contributed by atoms with E-state index in [9.17, 15) is 18.4 Å². The Morgan fingerprint density at radius 2 is 1.63 bits per heavy atom. The lowest BCUT2D eigenvalue weighted by molar-refractivity contribution is -0.114. The number of carbonyl (C=O) groups is 2. The molecule has 4 rings (SSSR count). The number of rotatable bonds is 8. The summed E-state index contributed by atoms with van der Waals surface area (Å²) < 4.78 is 40.0. The fourth-order valence-electron chi connectivity index (χ4n) is 4.64. The minimum atomic E-state index is -0.761. The molecule has 0 heterocycles. The maximum atomic E-state index is 14.6. The van der Waals surface area contributed by atoms with Crippen molar-refractivity contribution in [1.29, 1.82) is 0 Å². The molecule has 6 nitrogen and oxygen atoms in total. The summed E-state index contributed by atoms with van der Waals surface area (Å²) in [5.41, 5.74) is 12.0. The Kier molecular flexibility index (Phi) is 8.71. The second-order valence-corrected chi connectivity index (χ2v) is 9.97. The fraction of sp³-hybridized carbons (Fsp3) is 0.212. The van der Waals surface area contributed by atoms with Gasteiger partial charge in [0.05, 0.1) is 6.61 Å². The molecule has 3 N–H and O–H groups in total. The summed E-state index contributed by atoms with van der Waals surface area (Å²) in [5, 5.41) is 2.81. The van der Waals surface area contributed by atoms with Gasteiger partial charge in [0.15, 0.2) is 0 Å². The van der Waals surface area contributed by atoms with Crippen LogP contribution in [0.15, 0.2) is 60.7 Å². The lowest BCUT2D eigenvalue weighted by atomic mass is 9.95. The summed E-state index contributed by atoms with van der Waals surface area (Å²) in [5.74, 6) is -1.75. The van der Waals surface area contributed by atoms with Gasteiger partial charge < -0.3 is 20.5 Å². The average molecular weight is 559 g/mol. The lowest BCUT2D eigenvalue weighted by Crippen LogP contribution is -2.09. The van der Waals surface area contributed by atoms with Crippen molar-refractivity contribution in [2.24, 2.45) is 0 Å². The Hall–Kier alpha value is -4.72. The molecule has 41 heavy (non-hydrogen) atoms. The minimum Gasteiger partial charge on any atom is -0.462 e. The van der Waals surface area contributed by atoms with Gasteiger partial charge in [0, 0.05) is 41.1 Å². The third-order valence-corrected chi connectivity index (χ3v) is 6.51. The second-order valence-electron chi connectivity index (χ2n) is 9.97. The van der Waals surface area contributed by atoms with Gasteiger partial charge in [0.1, 0.15) is 28.7 Å². The molecule has 0 radical (unpaired) electrons. The predicted molar refractivity (Wildman–Crippen MR) is 157 cm³/mol. The molecule has 4 aromatic rings. The summed E-state index contributed by atoms with van der Waals surface area (Å²) in [4.78, 5) is 25.0. The molecule has 8 heteroatoms. The number of anilines is 2. The largest absolute Gasteiger partial charge is 0.462 e. The Balaban J connectivity index is 1.90. The van der Waals surface area contributed by atoms with Gasteiger partial charge in [-0.2, -0.15) is 0 Å². The lowest BCUT2D eigenvalue weighted by Gasteiger charge is -2.20. The number of carbonyl (C=O) groups excluding carboxylic acids is 2. The zero-order valence-electron chi connectivity index (χ0n) is 23.7. The summed E-state index contributed by atoms with van der Waals surface area (Å²) in [6, 6.07) is 15.3. The summed E-state index contributed by atoms with van der Waals surface area (Å²) in [7, 11) is 0. The zero-order chi connectivity index (χ0) is 29.8. The van der Waals surface area contributed by atoms with Gasteiger partial charge in [-0.15, -0.1) is 0 Å². The first kappa shape index (κ1) is 29.3. The smallest absolute Gasteiger partial charge is 0.341 e. The third-order valence-electron chi connectivity index (χ3n) is 6.51. The maximum absolute atomic E-state index is 14.6. The zero-order valence-corrected chi connectivity index (χ0v) is 23.7. The van der Waals surface area contributed by atoms with E-state index < -0.39 is 17.6 Å². The van der Waals surface area contributed by atoms with E-state index in [4.69, 9.17) is 15.2 Å². The van der Waals surface area contributed by atoms with E-state index in [1.807, 2.05) is 39.8 Å². The van der Waals surface area contributed by atoms with Crippen LogP contribution in [0.1, 0.15) is 47.3 Å². The van der Waals surface area contributed by atoms with Crippen LogP contribution in [-0.2, 0) is 9.53 Å². The topological polar surface area (TPSA) is 90.6 Å². The van der Waals surface area contributed by atoms with Crippen LogP contribution in [0.25, 0.3) is 22.3 Å². The third kappa shape index (κ3) is 6.54. The van der Waals surface area contributed by atoms with Crippen molar-refractivity contribution in [3.8, 4) is 33.8 Å².